The molecule has 2 nitrogen and oxygen atoms in total. The van der Waals surface area contributed by atoms with Crippen LogP contribution in [-0.4, -0.2) is 0 Å². The van der Waals surface area contributed by atoms with Crippen LogP contribution in [0.3, 0.4) is 0 Å². The monoisotopic (exact) mass is 435 g/mol. The number of rotatable bonds is 6. The minimum Gasteiger partial charge on any atom is -0.489 e. The molecule has 3 aromatic carbocycles. The average Bonchev–Trinajstić information content (AvgIpc) is 2.62. The van der Waals surface area contributed by atoms with Gasteiger partial charge in [0.25, 0.3) is 0 Å². The molecule has 0 spiro atoms. The third-order valence-electron chi connectivity index (χ3n) is 3.66. The third kappa shape index (κ3) is 5.40. The van der Waals surface area contributed by atoms with Gasteiger partial charge in [0.2, 0.25) is 0 Å². The van der Waals surface area contributed by atoms with E-state index in [1.165, 1.54) is 0 Å². The zero-order valence-electron chi connectivity index (χ0n) is 13.3. The lowest BCUT2D eigenvalue weighted by Crippen LogP contribution is -2.04. The Morgan fingerprint density at radius 1 is 0.840 bits per heavy atom. The van der Waals surface area contributed by atoms with Crippen LogP contribution in [0.15, 0.2) is 71.2 Å². The Morgan fingerprint density at radius 3 is 2.24 bits per heavy atom. The van der Waals surface area contributed by atoms with E-state index in [-0.39, 0.29) is 0 Å². The second kappa shape index (κ2) is 8.61. The molecule has 0 saturated carbocycles. The predicted octanol–water partition coefficient (Wildman–Crippen LogP) is 6.95. The lowest BCUT2D eigenvalue weighted by Gasteiger charge is -2.14. The summed E-state index contributed by atoms with van der Waals surface area (Å²) in [5.74, 6) is 0.814. The number of halogens is 3. The van der Waals surface area contributed by atoms with Gasteiger partial charge in [-0.3, -0.25) is 0 Å². The molecule has 3 aromatic rings. The second-order valence-electron chi connectivity index (χ2n) is 5.53. The molecule has 0 bridgehead atoms. The van der Waals surface area contributed by atoms with E-state index in [0.29, 0.717) is 23.2 Å². The molecule has 0 heterocycles. The van der Waals surface area contributed by atoms with Crippen molar-refractivity contribution in [1.82, 2.24) is 0 Å². The highest BCUT2D eigenvalue weighted by Gasteiger charge is 2.06. The quantitative estimate of drug-likeness (QED) is 0.451. The summed E-state index contributed by atoms with van der Waals surface area (Å²) in [5, 5.41) is 4.76. The van der Waals surface area contributed by atoms with E-state index in [1.54, 1.807) is 0 Å². The van der Waals surface area contributed by atoms with Crippen molar-refractivity contribution in [3.8, 4) is 5.75 Å². The van der Waals surface area contributed by atoms with Crippen LogP contribution in [0, 0.1) is 0 Å². The van der Waals surface area contributed by atoms with Crippen LogP contribution in [0.1, 0.15) is 11.1 Å². The van der Waals surface area contributed by atoms with E-state index < -0.39 is 0 Å². The summed E-state index contributed by atoms with van der Waals surface area (Å²) in [6.45, 7) is 1.11. The first-order chi connectivity index (χ1) is 12.1. The van der Waals surface area contributed by atoms with Gasteiger partial charge in [0.05, 0.1) is 0 Å². The fraction of sp³-hybridized carbons (Fsp3) is 0.100. The smallest absolute Gasteiger partial charge is 0.124 e. The minimum absolute atomic E-state index is 0.503. The van der Waals surface area contributed by atoms with Crippen molar-refractivity contribution in [2.45, 2.75) is 13.2 Å². The van der Waals surface area contributed by atoms with Gasteiger partial charge >= 0.3 is 0 Å². The fourth-order valence-electron chi connectivity index (χ4n) is 2.33. The second-order valence-corrected chi connectivity index (χ2v) is 7.32. The molecule has 3 rings (SSSR count). The highest BCUT2D eigenvalue weighted by Crippen LogP contribution is 2.25. The zero-order valence-corrected chi connectivity index (χ0v) is 16.4. The molecule has 25 heavy (non-hydrogen) atoms. The van der Waals surface area contributed by atoms with Crippen molar-refractivity contribution in [3.63, 3.8) is 0 Å². The molecule has 0 fully saturated rings. The number of nitrogens with one attached hydrogen (secondary N) is 1. The lowest BCUT2D eigenvalue weighted by atomic mass is 10.2. The number of hydrogen-bond acceptors (Lipinski definition) is 2. The molecule has 0 aliphatic heterocycles. The van der Waals surface area contributed by atoms with E-state index in [9.17, 15) is 0 Å². The molecule has 0 aliphatic carbocycles. The maximum absolute atomic E-state index is 6.15. The van der Waals surface area contributed by atoms with E-state index in [1.807, 2.05) is 66.7 Å². The first-order valence-corrected chi connectivity index (χ1v) is 9.30. The Kier molecular flexibility index (Phi) is 6.24. The number of hydrogen-bond donors (Lipinski definition) is 1. The van der Waals surface area contributed by atoms with Crippen molar-refractivity contribution in [2.24, 2.45) is 0 Å². The van der Waals surface area contributed by atoms with Crippen LogP contribution >= 0.6 is 39.1 Å². The summed E-state index contributed by atoms with van der Waals surface area (Å²) >= 11 is 15.5. The molecule has 5 heteroatoms. The van der Waals surface area contributed by atoms with Crippen molar-refractivity contribution >= 4 is 44.8 Å². The minimum atomic E-state index is 0.503. The Morgan fingerprint density at radius 2 is 1.52 bits per heavy atom. The van der Waals surface area contributed by atoms with Crippen molar-refractivity contribution < 1.29 is 4.74 Å². The van der Waals surface area contributed by atoms with Crippen LogP contribution in [-0.2, 0) is 13.2 Å². The van der Waals surface area contributed by atoms with Crippen LogP contribution in [0.5, 0.6) is 5.75 Å². The van der Waals surface area contributed by atoms with E-state index in [0.717, 1.165) is 27.0 Å². The van der Waals surface area contributed by atoms with Crippen LogP contribution in [0.25, 0.3) is 0 Å². The van der Waals surface area contributed by atoms with Crippen LogP contribution in [0.4, 0.5) is 5.69 Å². The highest BCUT2D eigenvalue weighted by molar-refractivity contribution is 9.10. The molecule has 0 atom stereocenters. The normalized spacial score (nSPS) is 10.5. The van der Waals surface area contributed by atoms with Gasteiger partial charge < -0.3 is 10.1 Å². The van der Waals surface area contributed by atoms with Crippen molar-refractivity contribution in [2.75, 3.05) is 5.32 Å². The third-order valence-corrected chi connectivity index (χ3v) is 4.67. The largest absolute Gasteiger partial charge is 0.489 e. The summed E-state index contributed by atoms with van der Waals surface area (Å²) in [4.78, 5) is 0. The van der Waals surface area contributed by atoms with Crippen molar-refractivity contribution in [1.29, 1.82) is 0 Å². The van der Waals surface area contributed by atoms with Gasteiger partial charge in [-0.05, 0) is 60.2 Å². The summed E-state index contributed by atoms with van der Waals surface area (Å²) in [6, 6.07) is 21.3. The van der Waals surface area contributed by atoms with Gasteiger partial charge in [-0.2, -0.15) is 0 Å². The van der Waals surface area contributed by atoms with E-state index in [4.69, 9.17) is 27.9 Å². The van der Waals surface area contributed by atoms with Gasteiger partial charge in [-0.15, -0.1) is 0 Å². The van der Waals surface area contributed by atoms with E-state index >= 15 is 0 Å². The molecule has 0 unspecified atom stereocenters. The first-order valence-electron chi connectivity index (χ1n) is 7.75. The fourth-order valence-corrected chi connectivity index (χ4v) is 2.92. The predicted molar refractivity (Wildman–Crippen MR) is 109 cm³/mol. The Balaban J connectivity index is 1.69. The SMILES string of the molecule is Clc1ccc(NCc2cc(Cl)ccc2OCc2ccc(Br)cc2)cc1. The summed E-state index contributed by atoms with van der Waals surface area (Å²) in [6.07, 6.45) is 0. The number of anilines is 1. The molecular weight excluding hydrogens is 421 g/mol. The molecular formula is C20H16BrCl2NO. The zero-order chi connectivity index (χ0) is 17.6. The molecule has 0 aliphatic rings. The van der Waals surface area contributed by atoms with Crippen LogP contribution in [0.2, 0.25) is 10.0 Å². The van der Waals surface area contributed by atoms with Gasteiger partial charge in [0.15, 0.2) is 0 Å². The Hall–Kier alpha value is -1.68. The topological polar surface area (TPSA) is 21.3 Å². The number of ether oxygens (including phenoxy) is 1. The Bertz CT molecular complexity index is 835. The molecule has 0 radical (unpaired) electrons. The summed E-state index contributed by atoms with van der Waals surface area (Å²) in [5.41, 5.74) is 3.09. The van der Waals surface area contributed by atoms with Gasteiger partial charge in [-0.25, -0.2) is 0 Å². The average molecular weight is 437 g/mol. The van der Waals surface area contributed by atoms with Gasteiger partial charge in [-0.1, -0.05) is 51.3 Å². The Labute approximate surface area is 165 Å². The maximum atomic E-state index is 6.15. The molecule has 0 aromatic heterocycles. The molecule has 128 valence electrons. The van der Waals surface area contributed by atoms with Gasteiger partial charge in [0, 0.05) is 32.3 Å². The summed E-state index contributed by atoms with van der Waals surface area (Å²) < 4.78 is 7.04. The lowest BCUT2D eigenvalue weighted by molar-refractivity contribution is 0.303. The molecule has 0 amide bonds. The standard InChI is InChI=1S/C20H16BrCl2NO/c21-16-3-1-14(2-4-16)13-25-20-10-7-18(23)11-15(20)12-24-19-8-5-17(22)6-9-19/h1-11,24H,12-13H2. The number of benzene rings is 3. The van der Waals surface area contributed by atoms with Gasteiger partial charge in [0.1, 0.15) is 12.4 Å². The molecule has 1 N–H and O–H groups in total. The van der Waals surface area contributed by atoms with Crippen LogP contribution < -0.4 is 10.1 Å². The molecule has 0 saturated heterocycles. The maximum Gasteiger partial charge on any atom is 0.124 e. The first kappa shape index (κ1) is 18.1. The summed E-state index contributed by atoms with van der Waals surface area (Å²) in [7, 11) is 0. The van der Waals surface area contributed by atoms with E-state index in [2.05, 4.69) is 21.2 Å². The highest BCUT2D eigenvalue weighted by atomic mass is 79.9. The van der Waals surface area contributed by atoms with Crippen molar-refractivity contribution in [3.05, 3.63) is 92.4 Å².